The van der Waals surface area contributed by atoms with Crippen LogP contribution >= 0.6 is 0 Å². The molecule has 0 unspecified atom stereocenters. The summed E-state index contributed by atoms with van der Waals surface area (Å²) in [7, 11) is 0. The molecule has 2 aromatic rings. The van der Waals surface area contributed by atoms with E-state index < -0.39 is 0 Å². The van der Waals surface area contributed by atoms with E-state index in [-0.39, 0.29) is 5.91 Å². The van der Waals surface area contributed by atoms with Crippen molar-refractivity contribution in [2.75, 3.05) is 36.4 Å². The fourth-order valence-corrected chi connectivity index (χ4v) is 2.46. The molecular formula is C17H16N6O2. The van der Waals surface area contributed by atoms with Crippen LogP contribution in [0.25, 0.3) is 0 Å². The molecule has 3 rings (SSSR count). The van der Waals surface area contributed by atoms with Gasteiger partial charge in [-0.1, -0.05) is 0 Å². The third-order valence-corrected chi connectivity index (χ3v) is 3.92. The second-order valence-corrected chi connectivity index (χ2v) is 5.54. The van der Waals surface area contributed by atoms with Crippen LogP contribution in [0.1, 0.15) is 15.9 Å². The highest BCUT2D eigenvalue weighted by molar-refractivity contribution is 6.03. The minimum absolute atomic E-state index is 0.318. The van der Waals surface area contributed by atoms with Crippen molar-refractivity contribution in [1.82, 2.24) is 14.9 Å². The number of anilines is 2. The third kappa shape index (κ3) is 3.90. The number of hydrogen-bond donors (Lipinski definition) is 1. The Morgan fingerprint density at radius 2 is 1.76 bits per heavy atom. The Hall–Kier alpha value is -3.47. The van der Waals surface area contributed by atoms with Crippen molar-refractivity contribution in [2.24, 2.45) is 0 Å². The van der Waals surface area contributed by atoms with E-state index in [1.165, 1.54) is 12.4 Å². The van der Waals surface area contributed by atoms with E-state index in [1.807, 2.05) is 11.0 Å². The highest BCUT2D eigenvalue weighted by atomic mass is 16.1. The van der Waals surface area contributed by atoms with Crippen molar-refractivity contribution in [3.8, 4) is 6.07 Å². The van der Waals surface area contributed by atoms with Gasteiger partial charge in [0.1, 0.15) is 0 Å². The standard InChI is InChI=1S/C17H16N6O2/c18-9-13-1-3-15(4-2-13)21-16(25)14-10-19-17(20-11-14)23-7-5-22(12-24)6-8-23/h1-4,10-12H,5-8H2,(H,21,25). The highest BCUT2D eigenvalue weighted by Crippen LogP contribution is 2.13. The van der Waals surface area contributed by atoms with E-state index in [4.69, 9.17) is 5.26 Å². The minimum Gasteiger partial charge on any atom is -0.342 e. The molecule has 1 aromatic heterocycles. The van der Waals surface area contributed by atoms with E-state index in [9.17, 15) is 9.59 Å². The molecule has 0 spiro atoms. The van der Waals surface area contributed by atoms with Crippen LogP contribution in [0, 0.1) is 11.3 Å². The number of nitrogens with zero attached hydrogens (tertiary/aromatic N) is 5. The van der Waals surface area contributed by atoms with E-state index in [0.717, 1.165) is 6.41 Å². The first-order valence-electron chi connectivity index (χ1n) is 7.77. The fourth-order valence-electron chi connectivity index (χ4n) is 2.46. The number of piperazine rings is 1. The summed E-state index contributed by atoms with van der Waals surface area (Å²) in [4.78, 5) is 35.1. The van der Waals surface area contributed by atoms with Crippen LogP contribution in [-0.2, 0) is 4.79 Å². The van der Waals surface area contributed by atoms with Gasteiger partial charge in [-0.05, 0) is 24.3 Å². The fraction of sp³-hybridized carbons (Fsp3) is 0.235. The second-order valence-electron chi connectivity index (χ2n) is 5.54. The molecule has 1 aliphatic rings. The molecule has 1 aromatic carbocycles. The number of rotatable bonds is 4. The van der Waals surface area contributed by atoms with Crippen molar-refractivity contribution in [2.45, 2.75) is 0 Å². The van der Waals surface area contributed by atoms with Gasteiger partial charge in [-0.2, -0.15) is 5.26 Å². The average Bonchev–Trinajstić information content (AvgIpc) is 2.69. The molecule has 8 nitrogen and oxygen atoms in total. The summed E-state index contributed by atoms with van der Waals surface area (Å²) in [5, 5.41) is 11.5. The van der Waals surface area contributed by atoms with Gasteiger partial charge in [0.25, 0.3) is 5.91 Å². The molecule has 1 aliphatic heterocycles. The van der Waals surface area contributed by atoms with Gasteiger partial charge in [-0.15, -0.1) is 0 Å². The van der Waals surface area contributed by atoms with Crippen LogP contribution in [0.5, 0.6) is 0 Å². The van der Waals surface area contributed by atoms with Gasteiger partial charge in [-0.25, -0.2) is 9.97 Å². The van der Waals surface area contributed by atoms with Crippen LogP contribution in [0.4, 0.5) is 11.6 Å². The second kappa shape index (κ2) is 7.40. The lowest BCUT2D eigenvalue weighted by atomic mass is 10.2. The molecule has 0 radical (unpaired) electrons. The summed E-state index contributed by atoms with van der Waals surface area (Å²) in [5.41, 5.74) is 1.47. The molecule has 1 saturated heterocycles. The van der Waals surface area contributed by atoms with Crippen molar-refractivity contribution in [1.29, 1.82) is 5.26 Å². The lowest BCUT2D eigenvalue weighted by Crippen LogP contribution is -2.46. The van der Waals surface area contributed by atoms with Crippen molar-refractivity contribution in [3.05, 3.63) is 47.8 Å². The summed E-state index contributed by atoms with van der Waals surface area (Å²) in [6.45, 7) is 2.59. The van der Waals surface area contributed by atoms with Crippen molar-refractivity contribution >= 4 is 24.0 Å². The molecule has 0 bridgehead atoms. The van der Waals surface area contributed by atoms with Crippen LogP contribution in [0.3, 0.4) is 0 Å². The number of amides is 2. The zero-order chi connectivity index (χ0) is 17.6. The van der Waals surface area contributed by atoms with Gasteiger partial charge in [0.05, 0.1) is 17.2 Å². The normalized spacial score (nSPS) is 13.9. The van der Waals surface area contributed by atoms with Gasteiger partial charge in [0.2, 0.25) is 12.4 Å². The number of nitrogens with one attached hydrogen (secondary N) is 1. The lowest BCUT2D eigenvalue weighted by molar-refractivity contribution is -0.118. The summed E-state index contributed by atoms with van der Waals surface area (Å²) in [5.74, 6) is 0.225. The molecule has 0 saturated carbocycles. The molecule has 0 aliphatic carbocycles. The van der Waals surface area contributed by atoms with Crippen LogP contribution in [-0.4, -0.2) is 53.4 Å². The van der Waals surface area contributed by atoms with Gasteiger partial charge >= 0.3 is 0 Å². The van der Waals surface area contributed by atoms with Crippen LogP contribution in [0.2, 0.25) is 0 Å². The highest BCUT2D eigenvalue weighted by Gasteiger charge is 2.18. The number of hydrogen-bond acceptors (Lipinski definition) is 6. The van der Waals surface area contributed by atoms with Crippen LogP contribution in [0.15, 0.2) is 36.7 Å². The van der Waals surface area contributed by atoms with Gasteiger partial charge < -0.3 is 15.1 Å². The molecule has 0 atom stereocenters. The number of aromatic nitrogens is 2. The van der Waals surface area contributed by atoms with E-state index in [2.05, 4.69) is 15.3 Å². The maximum atomic E-state index is 12.2. The predicted molar refractivity (Wildman–Crippen MR) is 91.0 cm³/mol. The maximum Gasteiger partial charge on any atom is 0.258 e. The van der Waals surface area contributed by atoms with E-state index in [0.29, 0.717) is 48.9 Å². The minimum atomic E-state index is -0.318. The first kappa shape index (κ1) is 16.4. The number of benzene rings is 1. The Bertz CT molecular complexity index is 789. The molecule has 2 heterocycles. The topological polar surface area (TPSA) is 102 Å². The van der Waals surface area contributed by atoms with Gasteiger partial charge in [0, 0.05) is 44.3 Å². The summed E-state index contributed by atoms with van der Waals surface area (Å²) < 4.78 is 0. The van der Waals surface area contributed by atoms with Crippen molar-refractivity contribution in [3.63, 3.8) is 0 Å². The van der Waals surface area contributed by atoms with Gasteiger partial charge in [-0.3, -0.25) is 9.59 Å². The Kier molecular flexibility index (Phi) is 4.85. The molecular weight excluding hydrogens is 320 g/mol. The molecule has 8 heteroatoms. The zero-order valence-electron chi connectivity index (χ0n) is 13.4. The molecule has 1 fully saturated rings. The monoisotopic (exact) mass is 336 g/mol. The molecule has 1 N–H and O–H groups in total. The van der Waals surface area contributed by atoms with Gasteiger partial charge in [0.15, 0.2) is 0 Å². The van der Waals surface area contributed by atoms with E-state index in [1.54, 1.807) is 29.2 Å². The zero-order valence-corrected chi connectivity index (χ0v) is 13.4. The van der Waals surface area contributed by atoms with Crippen LogP contribution < -0.4 is 10.2 Å². The molecule has 2 amide bonds. The number of carbonyl (C=O) groups is 2. The molecule has 126 valence electrons. The largest absolute Gasteiger partial charge is 0.342 e. The SMILES string of the molecule is N#Cc1ccc(NC(=O)c2cnc(N3CCN(C=O)CC3)nc2)cc1. The Balaban J connectivity index is 1.62. The first-order chi connectivity index (χ1) is 12.2. The molecule has 25 heavy (non-hydrogen) atoms. The number of nitriles is 1. The van der Waals surface area contributed by atoms with E-state index >= 15 is 0 Å². The summed E-state index contributed by atoms with van der Waals surface area (Å²) >= 11 is 0. The first-order valence-corrected chi connectivity index (χ1v) is 7.77. The average molecular weight is 336 g/mol. The Morgan fingerprint density at radius 3 is 2.32 bits per heavy atom. The quantitative estimate of drug-likeness (QED) is 0.832. The number of carbonyl (C=O) groups excluding carboxylic acids is 2. The van der Waals surface area contributed by atoms with Crippen molar-refractivity contribution < 1.29 is 9.59 Å². The Labute approximate surface area is 144 Å². The summed E-state index contributed by atoms with van der Waals surface area (Å²) in [6.07, 6.45) is 3.80. The lowest BCUT2D eigenvalue weighted by Gasteiger charge is -2.32. The third-order valence-electron chi connectivity index (χ3n) is 3.92. The Morgan fingerprint density at radius 1 is 1.12 bits per heavy atom. The summed E-state index contributed by atoms with van der Waals surface area (Å²) in [6, 6.07) is 8.62. The maximum absolute atomic E-state index is 12.2. The smallest absolute Gasteiger partial charge is 0.258 e. The predicted octanol–water partition coefficient (Wildman–Crippen LogP) is 0.879.